The second kappa shape index (κ2) is 6.05. The Morgan fingerprint density at radius 2 is 1.90 bits per heavy atom. The van der Waals surface area contributed by atoms with Crippen LogP contribution in [0.15, 0.2) is 0 Å². The zero-order valence-electron chi connectivity index (χ0n) is 12.2. The van der Waals surface area contributed by atoms with Crippen molar-refractivity contribution in [2.24, 2.45) is 11.8 Å². The minimum atomic E-state index is -4.15. The van der Waals surface area contributed by atoms with Crippen molar-refractivity contribution in [1.29, 1.82) is 0 Å². The van der Waals surface area contributed by atoms with E-state index in [2.05, 4.69) is 0 Å². The minimum absolute atomic E-state index is 0.0608. The number of fused-ring (bicyclic) bond motifs is 1. The molecular formula is C15H24F3NO2. The van der Waals surface area contributed by atoms with E-state index < -0.39 is 12.2 Å². The van der Waals surface area contributed by atoms with Crippen molar-refractivity contribution in [3.8, 4) is 0 Å². The fourth-order valence-electron chi connectivity index (χ4n) is 4.41. The summed E-state index contributed by atoms with van der Waals surface area (Å²) in [5.74, 6) is 0.282. The molecule has 3 aliphatic rings. The third-order valence-electron chi connectivity index (χ3n) is 5.44. The number of aliphatic hydroxyl groups is 1. The van der Waals surface area contributed by atoms with Crippen LogP contribution in [-0.4, -0.2) is 54.1 Å². The average molecular weight is 307 g/mol. The SMILES string of the molecule is OCC1COC(CN2[C@H](C(F)(F)F)C[C@@H]3CCCC[C@@H]32)C1. The Kier molecular flexibility index (Phi) is 4.48. The maximum Gasteiger partial charge on any atom is 0.404 e. The van der Waals surface area contributed by atoms with Crippen LogP contribution in [0.2, 0.25) is 0 Å². The molecule has 0 aromatic carbocycles. The average Bonchev–Trinajstić information content (AvgIpc) is 3.04. The number of alkyl halides is 3. The molecule has 1 saturated carbocycles. The predicted molar refractivity (Wildman–Crippen MR) is 71.8 cm³/mol. The van der Waals surface area contributed by atoms with Gasteiger partial charge in [-0.1, -0.05) is 12.8 Å². The van der Waals surface area contributed by atoms with Crippen LogP contribution in [0, 0.1) is 11.8 Å². The van der Waals surface area contributed by atoms with Crippen LogP contribution >= 0.6 is 0 Å². The van der Waals surface area contributed by atoms with Gasteiger partial charge in [0.25, 0.3) is 0 Å². The van der Waals surface area contributed by atoms with E-state index in [1.54, 1.807) is 4.90 Å². The lowest BCUT2D eigenvalue weighted by molar-refractivity contribution is -0.182. The van der Waals surface area contributed by atoms with Crippen LogP contribution in [0.4, 0.5) is 13.2 Å². The quantitative estimate of drug-likeness (QED) is 0.870. The zero-order chi connectivity index (χ0) is 15.0. The highest BCUT2D eigenvalue weighted by molar-refractivity contribution is 4.99. The molecule has 0 radical (unpaired) electrons. The van der Waals surface area contributed by atoms with Crippen molar-refractivity contribution in [1.82, 2.24) is 4.90 Å². The van der Waals surface area contributed by atoms with Crippen molar-refractivity contribution in [2.45, 2.75) is 62.9 Å². The summed E-state index contributed by atoms with van der Waals surface area (Å²) in [7, 11) is 0. The van der Waals surface area contributed by atoms with Gasteiger partial charge in [0.2, 0.25) is 0 Å². The second-order valence-corrected chi connectivity index (χ2v) is 6.84. The number of aliphatic hydroxyl groups excluding tert-OH is 1. The van der Waals surface area contributed by atoms with Gasteiger partial charge in [0.05, 0.1) is 12.7 Å². The summed E-state index contributed by atoms with van der Waals surface area (Å²) in [6.45, 7) is 0.896. The van der Waals surface area contributed by atoms with Crippen molar-refractivity contribution in [2.75, 3.05) is 19.8 Å². The van der Waals surface area contributed by atoms with Crippen LogP contribution in [0.1, 0.15) is 38.5 Å². The van der Waals surface area contributed by atoms with Gasteiger partial charge < -0.3 is 9.84 Å². The molecule has 21 heavy (non-hydrogen) atoms. The van der Waals surface area contributed by atoms with Gasteiger partial charge in [0.15, 0.2) is 0 Å². The number of ether oxygens (including phenoxy) is 1. The number of likely N-dealkylation sites (tertiary alicyclic amines) is 1. The molecule has 0 aromatic rings. The van der Waals surface area contributed by atoms with E-state index in [0.29, 0.717) is 19.6 Å². The molecule has 2 unspecified atom stereocenters. The molecule has 0 spiro atoms. The molecule has 3 nitrogen and oxygen atoms in total. The van der Waals surface area contributed by atoms with Gasteiger partial charge in [-0.2, -0.15) is 13.2 Å². The number of rotatable bonds is 3. The first-order valence-corrected chi connectivity index (χ1v) is 8.04. The molecule has 6 heteroatoms. The van der Waals surface area contributed by atoms with Gasteiger partial charge in [-0.25, -0.2) is 0 Å². The highest BCUT2D eigenvalue weighted by Crippen LogP contribution is 2.45. The van der Waals surface area contributed by atoms with Crippen LogP contribution in [0.5, 0.6) is 0 Å². The fourth-order valence-corrected chi connectivity index (χ4v) is 4.41. The lowest BCUT2D eigenvalue weighted by atomic mass is 9.84. The summed E-state index contributed by atoms with van der Waals surface area (Å²) in [4.78, 5) is 1.67. The molecule has 3 fully saturated rings. The Morgan fingerprint density at radius 1 is 1.14 bits per heavy atom. The van der Waals surface area contributed by atoms with Crippen LogP contribution in [0.3, 0.4) is 0 Å². The normalized spacial score (nSPS) is 41.4. The number of hydrogen-bond donors (Lipinski definition) is 1. The van der Waals surface area contributed by atoms with Crippen LogP contribution in [-0.2, 0) is 4.74 Å². The Hall–Kier alpha value is -0.330. The van der Waals surface area contributed by atoms with Gasteiger partial charge in [-0.15, -0.1) is 0 Å². The lowest BCUT2D eigenvalue weighted by Gasteiger charge is -2.35. The first-order chi connectivity index (χ1) is 9.99. The summed E-state index contributed by atoms with van der Waals surface area (Å²) in [5, 5.41) is 9.14. The third kappa shape index (κ3) is 3.22. The Morgan fingerprint density at radius 3 is 2.57 bits per heavy atom. The van der Waals surface area contributed by atoms with Gasteiger partial charge in [0.1, 0.15) is 6.04 Å². The molecule has 3 rings (SSSR count). The van der Waals surface area contributed by atoms with Crippen molar-refractivity contribution >= 4 is 0 Å². The molecule has 0 bridgehead atoms. The van der Waals surface area contributed by atoms with Gasteiger partial charge in [-0.05, 0) is 31.6 Å². The summed E-state index contributed by atoms with van der Waals surface area (Å²) in [5.41, 5.74) is 0. The van der Waals surface area contributed by atoms with Crippen LogP contribution in [0.25, 0.3) is 0 Å². The molecular weight excluding hydrogens is 283 g/mol. The molecule has 2 heterocycles. The first-order valence-electron chi connectivity index (χ1n) is 8.04. The Labute approximate surface area is 123 Å². The topological polar surface area (TPSA) is 32.7 Å². The van der Waals surface area contributed by atoms with E-state index in [9.17, 15) is 13.2 Å². The molecule has 1 N–H and O–H groups in total. The van der Waals surface area contributed by atoms with Gasteiger partial charge >= 0.3 is 6.18 Å². The molecule has 5 atom stereocenters. The highest BCUT2D eigenvalue weighted by atomic mass is 19.4. The summed E-state index contributed by atoms with van der Waals surface area (Å²) in [6, 6.07) is -1.23. The maximum atomic E-state index is 13.3. The lowest BCUT2D eigenvalue weighted by Crippen LogP contribution is -2.48. The fraction of sp³-hybridized carbons (Fsp3) is 1.00. The van der Waals surface area contributed by atoms with E-state index in [1.165, 1.54) is 0 Å². The van der Waals surface area contributed by atoms with E-state index in [0.717, 1.165) is 25.7 Å². The highest BCUT2D eigenvalue weighted by Gasteiger charge is 2.54. The number of halogens is 3. The third-order valence-corrected chi connectivity index (χ3v) is 5.44. The maximum absolute atomic E-state index is 13.3. The first kappa shape index (κ1) is 15.6. The second-order valence-electron chi connectivity index (χ2n) is 6.84. The molecule has 0 aromatic heterocycles. The Bertz CT molecular complexity index is 363. The molecule has 0 amide bonds. The van der Waals surface area contributed by atoms with E-state index in [1.807, 2.05) is 0 Å². The number of nitrogens with zero attached hydrogens (tertiary/aromatic N) is 1. The summed E-state index contributed by atoms with van der Waals surface area (Å²) < 4.78 is 45.6. The van der Waals surface area contributed by atoms with Crippen molar-refractivity contribution in [3.05, 3.63) is 0 Å². The monoisotopic (exact) mass is 307 g/mol. The zero-order valence-corrected chi connectivity index (χ0v) is 12.2. The van der Waals surface area contributed by atoms with Gasteiger partial charge in [0, 0.05) is 25.1 Å². The standard InChI is InChI=1S/C15H24F3NO2/c16-15(17,18)14-6-11-3-1-2-4-13(11)19(14)7-12-5-10(8-20)9-21-12/h10-14,20H,1-9H2/t10?,11-,12?,13-,14-/m0/s1. The molecule has 122 valence electrons. The van der Waals surface area contributed by atoms with E-state index in [4.69, 9.17) is 9.84 Å². The van der Waals surface area contributed by atoms with E-state index in [-0.39, 0.29) is 37.0 Å². The van der Waals surface area contributed by atoms with Crippen molar-refractivity contribution < 1.29 is 23.0 Å². The molecule has 1 aliphatic carbocycles. The van der Waals surface area contributed by atoms with E-state index >= 15 is 0 Å². The summed E-state index contributed by atoms with van der Waals surface area (Å²) >= 11 is 0. The Balaban J connectivity index is 1.69. The smallest absolute Gasteiger partial charge is 0.396 e. The largest absolute Gasteiger partial charge is 0.404 e. The summed E-state index contributed by atoms with van der Waals surface area (Å²) in [6.07, 6.45) is 0.532. The van der Waals surface area contributed by atoms with Crippen molar-refractivity contribution in [3.63, 3.8) is 0 Å². The van der Waals surface area contributed by atoms with Gasteiger partial charge in [-0.3, -0.25) is 4.90 Å². The minimum Gasteiger partial charge on any atom is -0.396 e. The molecule has 2 saturated heterocycles. The molecule has 2 aliphatic heterocycles. The predicted octanol–water partition coefficient (Wildman–Crippen LogP) is 2.58. The number of hydrogen-bond acceptors (Lipinski definition) is 3. The van der Waals surface area contributed by atoms with Crippen LogP contribution < -0.4 is 0 Å².